The molecule has 0 radical (unpaired) electrons. The van der Waals surface area contributed by atoms with Gasteiger partial charge in [0.1, 0.15) is 6.29 Å². The molecular formula is C10H10BrNO3. The van der Waals surface area contributed by atoms with Gasteiger partial charge in [-0.05, 0) is 5.56 Å². The Morgan fingerprint density at radius 2 is 2.27 bits per heavy atom. The maximum atomic E-state index is 10.8. The lowest BCUT2D eigenvalue weighted by atomic mass is 9.96. The van der Waals surface area contributed by atoms with Crippen molar-refractivity contribution in [2.75, 3.05) is 0 Å². The normalized spacial score (nSPS) is 12.1. The number of carbonyl (C=O) groups is 1. The number of rotatable bonds is 4. The zero-order valence-electron chi connectivity index (χ0n) is 8.14. The molecule has 0 saturated carbocycles. The molecule has 0 aliphatic rings. The van der Waals surface area contributed by atoms with Crippen molar-refractivity contribution >= 4 is 27.9 Å². The number of halogens is 1. The van der Waals surface area contributed by atoms with Crippen LogP contribution in [0.5, 0.6) is 0 Å². The van der Waals surface area contributed by atoms with Crippen molar-refractivity contribution in [1.29, 1.82) is 0 Å². The van der Waals surface area contributed by atoms with E-state index in [4.69, 9.17) is 0 Å². The molecule has 0 bridgehead atoms. The fourth-order valence-electron chi connectivity index (χ4n) is 1.47. The third-order valence-electron chi connectivity index (χ3n) is 2.17. The van der Waals surface area contributed by atoms with Crippen molar-refractivity contribution in [2.24, 2.45) is 0 Å². The predicted molar refractivity (Wildman–Crippen MR) is 60.2 cm³/mol. The Labute approximate surface area is 95.6 Å². The Balaban J connectivity index is 3.39. The van der Waals surface area contributed by atoms with E-state index in [9.17, 15) is 14.9 Å². The van der Waals surface area contributed by atoms with Crippen LogP contribution >= 0.6 is 15.9 Å². The van der Waals surface area contributed by atoms with Crippen molar-refractivity contribution in [3.8, 4) is 0 Å². The van der Waals surface area contributed by atoms with Crippen LogP contribution in [0.3, 0.4) is 0 Å². The van der Waals surface area contributed by atoms with Crippen molar-refractivity contribution in [2.45, 2.75) is 18.2 Å². The first-order valence-corrected chi connectivity index (χ1v) is 5.51. The first-order valence-electron chi connectivity index (χ1n) is 4.39. The second-order valence-corrected chi connectivity index (χ2v) is 3.73. The summed E-state index contributed by atoms with van der Waals surface area (Å²) in [6.45, 7) is 1.65. The lowest BCUT2D eigenvalue weighted by Crippen LogP contribution is -2.04. The average molecular weight is 272 g/mol. The van der Waals surface area contributed by atoms with Crippen LogP contribution in [0.2, 0.25) is 0 Å². The van der Waals surface area contributed by atoms with Crippen LogP contribution in [-0.4, -0.2) is 11.2 Å². The largest absolute Gasteiger partial charge is 0.303 e. The lowest BCUT2D eigenvalue weighted by molar-refractivity contribution is -0.385. The molecule has 0 aliphatic carbocycles. The minimum atomic E-state index is -0.459. The highest BCUT2D eigenvalue weighted by Crippen LogP contribution is 2.30. The molecule has 15 heavy (non-hydrogen) atoms. The molecule has 0 heterocycles. The van der Waals surface area contributed by atoms with Gasteiger partial charge in [-0.25, -0.2) is 0 Å². The SMILES string of the molecule is CC(C=O)c1c(CBr)cccc1[N+](=O)[O-]. The van der Waals surface area contributed by atoms with Crippen molar-refractivity contribution in [3.05, 3.63) is 39.4 Å². The summed E-state index contributed by atoms with van der Waals surface area (Å²) in [5.74, 6) is -0.459. The third-order valence-corrected chi connectivity index (χ3v) is 2.78. The number of hydrogen-bond acceptors (Lipinski definition) is 3. The molecule has 4 nitrogen and oxygen atoms in total. The van der Waals surface area contributed by atoms with E-state index in [1.807, 2.05) is 0 Å². The minimum absolute atomic E-state index is 0.00606. The monoisotopic (exact) mass is 271 g/mol. The highest BCUT2D eigenvalue weighted by molar-refractivity contribution is 9.08. The second kappa shape index (κ2) is 5.02. The fourth-order valence-corrected chi connectivity index (χ4v) is 1.96. The van der Waals surface area contributed by atoms with E-state index < -0.39 is 10.8 Å². The summed E-state index contributed by atoms with van der Waals surface area (Å²) in [6.07, 6.45) is 0.717. The van der Waals surface area contributed by atoms with Crippen LogP contribution in [0.1, 0.15) is 24.0 Å². The quantitative estimate of drug-likeness (QED) is 0.366. The van der Waals surface area contributed by atoms with Crippen molar-refractivity contribution in [1.82, 2.24) is 0 Å². The fraction of sp³-hybridized carbons (Fsp3) is 0.300. The lowest BCUT2D eigenvalue weighted by Gasteiger charge is -2.09. The van der Waals surface area contributed by atoms with E-state index in [0.29, 0.717) is 17.2 Å². The number of hydrogen-bond donors (Lipinski definition) is 0. The Morgan fingerprint density at radius 1 is 1.60 bits per heavy atom. The van der Waals surface area contributed by atoms with Gasteiger partial charge in [-0.3, -0.25) is 10.1 Å². The Hall–Kier alpha value is -1.23. The summed E-state index contributed by atoms with van der Waals surface area (Å²) in [4.78, 5) is 21.0. The number of nitro benzene ring substituents is 1. The standard InChI is InChI=1S/C10H10BrNO3/c1-7(6-13)10-8(5-11)3-2-4-9(10)12(14)15/h2-4,6-7H,5H2,1H3. The third kappa shape index (κ3) is 2.41. The maximum absolute atomic E-state index is 10.8. The van der Waals surface area contributed by atoms with Gasteiger partial charge in [0.2, 0.25) is 0 Å². The molecule has 0 spiro atoms. The molecule has 1 aromatic carbocycles. The maximum Gasteiger partial charge on any atom is 0.273 e. The summed E-state index contributed by atoms with van der Waals surface area (Å²) in [5.41, 5.74) is 1.28. The molecule has 1 atom stereocenters. The molecule has 0 amide bonds. The number of alkyl halides is 1. The van der Waals surface area contributed by atoms with E-state index in [1.54, 1.807) is 19.1 Å². The molecule has 80 valence electrons. The summed E-state index contributed by atoms with van der Waals surface area (Å²) >= 11 is 3.25. The zero-order valence-corrected chi connectivity index (χ0v) is 9.73. The summed E-state index contributed by atoms with van der Waals surface area (Å²) in [5, 5.41) is 11.3. The van der Waals surface area contributed by atoms with Crippen LogP contribution in [0, 0.1) is 10.1 Å². The van der Waals surface area contributed by atoms with Gasteiger partial charge in [-0.15, -0.1) is 0 Å². The molecule has 1 unspecified atom stereocenters. The van der Waals surface area contributed by atoms with Crippen molar-refractivity contribution in [3.63, 3.8) is 0 Å². The van der Waals surface area contributed by atoms with Gasteiger partial charge >= 0.3 is 0 Å². The second-order valence-electron chi connectivity index (χ2n) is 3.17. The summed E-state index contributed by atoms with van der Waals surface area (Å²) in [7, 11) is 0. The van der Waals surface area contributed by atoms with Gasteiger partial charge in [0.05, 0.1) is 4.92 Å². The zero-order chi connectivity index (χ0) is 11.4. The van der Waals surface area contributed by atoms with E-state index in [-0.39, 0.29) is 5.69 Å². The Bertz CT molecular complexity index is 392. The van der Waals surface area contributed by atoms with Crippen LogP contribution < -0.4 is 0 Å². The van der Waals surface area contributed by atoms with Crippen LogP contribution in [-0.2, 0) is 10.1 Å². The average Bonchev–Trinajstić information content (AvgIpc) is 2.26. The highest BCUT2D eigenvalue weighted by Gasteiger charge is 2.21. The van der Waals surface area contributed by atoms with Gasteiger partial charge in [0.15, 0.2) is 0 Å². The Kier molecular flexibility index (Phi) is 3.96. The van der Waals surface area contributed by atoms with E-state index in [0.717, 1.165) is 5.56 Å². The smallest absolute Gasteiger partial charge is 0.273 e. The van der Waals surface area contributed by atoms with Crippen molar-refractivity contribution < 1.29 is 9.72 Å². The number of aldehydes is 1. The van der Waals surface area contributed by atoms with Crippen LogP contribution in [0.4, 0.5) is 5.69 Å². The first-order chi connectivity index (χ1) is 7.11. The minimum Gasteiger partial charge on any atom is -0.303 e. The van der Waals surface area contributed by atoms with Gasteiger partial charge in [0, 0.05) is 22.9 Å². The highest BCUT2D eigenvalue weighted by atomic mass is 79.9. The molecular weight excluding hydrogens is 262 g/mol. The molecule has 0 fully saturated rings. The number of nitro groups is 1. The Morgan fingerprint density at radius 3 is 2.73 bits per heavy atom. The molecule has 1 aromatic rings. The first kappa shape index (κ1) is 11.8. The molecule has 0 N–H and O–H groups in total. The van der Waals surface area contributed by atoms with Gasteiger partial charge in [-0.2, -0.15) is 0 Å². The predicted octanol–water partition coefficient (Wildman–Crippen LogP) is 2.79. The molecule has 0 aromatic heterocycles. The summed E-state index contributed by atoms with van der Waals surface area (Å²) in [6, 6.07) is 4.81. The molecule has 5 heteroatoms. The molecule has 1 rings (SSSR count). The van der Waals surface area contributed by atoms with E-state index in [1.165, 1.54) is 6.07 Å². The van der Waals surface area contributed by atoms with Crippen LogP contribution in [0.15, 0.2) is 18.2 Å². The topological polar surface area (TPSA) is 60.2 Å². The van der Waals surface area contributed by atoms with E-state index >= 15 is 0 Å². The number of nitrogens with zero attached hydrogens (tertiary/aromatic N) is 1. The molecule has 0 aliphatic heterocycles. The summed E-state index contributed by atoms with van der Waals surface area (Å²) < 4.78 is 0. The number of carbonyl (C=O) groups excluding carboxylic acids is 1. The van der Waals surface area contributed by atoms with Gasteiger partial charge < -0.3 is 4.79 Å². The van der Waals surface area contributed by atoms with Gasteiger partial charge in [0.25, 0.3) is 5.69 Å². The molecule has 0 saturated heterocycles. The van der Waals surface area contributed by atoms with Gasteiger partial charge in [-0.1, -0.05) is 35.0 Å². The number of benzene rings is 1. The van der Waals surface area contributed by atoms with E-state index in [2.05, 4.69) is 15.9 Å². The van der Waals surface area contributed by atoms with Crippen LogP contribution in [0.25, 0.3) is 0 Å².